The summed E-state index contributed by atoms with van der Waals surface area (Å²) in [5.74, 6) is -0.231. The van der Waals surface area contributed by atoms with Crippen LogP contribution in [0.3, 0.4) is 0 Å². The van der Waals surface area contributed by atoms with Crippen molar-refractivity contribution in [1.29, 1.82) is 0 Å². The van der Waals surface area contributed by atoms with Gasteiger partial charge in [-0.05, 0) is 36.6 Å². The van der Waals surface area contributed by atoms with Gasteiger partial charge in [0.2, 0.25) is 5.91 Å². The van der Waals surface area contributed by atoms with Crippen molar-refractivity contribution in [1.82, 2.24) is 0 Å². The lowest BCUT2D eigenvalue weighted by Gasteiger charge is -2.25. The minimum atomic E-state index is -0.316. The Labute approximate surface area is 135 Å². The van der Waals surface area contributed by atoms with Crippen molar-refractivity contribution in [2.45, 2.75) is 31.8 Å². The van der Waals surface area contributed by atoms with Crippen molar-refractivity contribution in [2.24, 2.45) is 5.92 Å². The number of fused-ring (bicyclic) bond motifs is 2. The number of halogens is 1. The quantitative estimate of drug-likeness (QED) is 0.911. The van der Waals surface area contributed by atoms with E-state index in [0.717, 1.165) is 30.5 Å². The molecule has 0 saturated heterocycles. The average molecular weight is 310 g/mol. The van der Waals surface area contributed by atoms with Crippen molar-refractivity contribution < 1.29 is 9.18 Å². The summed E-state index contributed by atoms with van der Waals surface area (Å²) in [5, 5.41) is 3.47. The largest absolute Gasteiger partial charge is 0.380 e. The van der Waals surface area contributed by atoms with Crippen LogP contribution < -0.4 is 10.2 Å². The third-order valence-electron chi connectivity index (χ3n) is 4.87. The fourth-order valence-corrected chi connectivity index (χ4v) is 3.73. The number of nitrogens with one attached hydrogen (secondary N) is 1. The van der Waals surface area contributed by atoms with E-state index in [1.165, 1.54) is 12.1 Å². The zero-order valence-electron chi connectivity index (χ0n) is 12.8. The Morgan fingerprint density at radius 3 is 2.78 bits per heavy atom. The third kappa shape index (κ3) is 2.58. The maximum atomic E-state index is 13.8. The van der Waals surface area contributed by atoms with Crippen LogP contribution in [0.1, 0.15) is 24.8 Å². The number of nitrogens with zero attached hydrogens (tertiary/aromatic N) is 1. The minimum absolute atomic E-state index is 0.0193. The van der Waals surface area contributed by atoms with Gasteiger partial charge in [-0.15, -0.1) is 0 Å². The monoisotopic (exact) mass is 310 g/mol. The highest BCUT2D eigenvalue weighted by Crippen LogP contribution is 2.39. The Morgan fingerprint density at radius 2 is 1.96 bits per heavy atom. The molecule has 2 aliphatic rings. The Morgan fingerprint density at radius 1 is 1.13 bits per heavy atom. The highest BCUT2D eigenvalue weighted by molar-refractivity contribution is 6.00. The molecule has 1 aliphatic heterocycles. The van der Waals surface area contributed by atoms with Gasteiger partial charge < -0.3 is 10.2 Å². The summed E-state index contributed by atoms with van der Waals surface area (Å²) in [6, 6.07) is 14.7. The molecule has 2 aromatic rings. The summed E-state index contributed by atoms with van der Waals surface area (Å²) in [6.07, 6.45) is 2.95. The molecule has 0 spiro atoms. The van der Waals surface area contributed by atoms with Crippen LogP contribution in [0.5, 0.6) is 0 Å². The highest BCUT2D eigenvalue weighted by atomic mass is 19.1. The van der Waals surface area contributed by atoms with E-state index in [-0.39, 0.29) is 23.7 Å². The Balaban J connectivity index is 1.77. The summed E-state index contributed by atoms with van der Waals surface area (Å²) >= 11 is 0. The first kappa shape index (κ1) is 14.2. The fourth-order valence-electron chi connectivity index (χ4n) is 3.73. The standard InChI is InChI=1S/C19H19FN2O/c20-14-9-10-17-18(11-14)22(12-13-5-2-1-3-6-13)19(23)15-7-4-8-16(15)21-17/h1-3,5-6,9-11,15-16,21H,4,7-8,12H2. The molecule has 0 bridgehead atoms. The number of anilines is 2. The van der Waals surface area contributed by atoms with Crippen LogP contribution in [-0.4, -0.2) is 11.9 Å². The molecule has 2 atom stereocenters. The molecule has 1 N–H and O–H groups in total. The number of rotatable bonds is 2. The van der Waals surface area contributed by atoms with Gasteiger partial charge in [-0.25, -0.2) is 4.39 Å². The van der Waals surface area contributed by atoms with E-state index in [2.05, 4.69) is 5.32 Å². The van der Waals surface area contributed by atoms with Crippen molar-refractivity contribution in [2.75, 3.05) is 10.2 Å². The zero-order valence-corrected chi connectivity index (χ0v) is 12.8. The van der Waals surface area contributed by atoms with Gasteiger partial charge in [0.05, 0.1) is 23.8 Å². The summed E-state index contributed by atoms with van der Waals surface area (Å²) in [5.41, 5.74) is 2.55. The van der Waals surface area contributed by atoms with Crippen LogP contribution in [0.25, 0.3) is 0 Å². The molecular formula is C19H19FN2O. The van der Waals surface area contributed by atoms with E-state index in [4.69, 9.17) is 0 Å². The van der Waals surface area contributed by atoms with Gasteiger partial charge in [0.1, 0.15) is 5.82 Å². The lowest BCUT2D eigenvalue weighted by atomic mass is 10.0. The first-order valence-corrected chi connectivity index (χ1v) is 8.14. The van der Waals surface area contributed by atoms with E-state index in [1.54, 1.807) is 11.0 Å². The molecule has 3 nitrogen and oxygen atoms in total. The Bertz CT molecular complexity index is 731. The van der Waals surface area contributed by atoms with E-state index < -0.39 is 0 Å². The molecule has 118 valence electrons. The average Bonchev–Trinajstić information content (AvgIpc) is 2.99. The topological polar surface area (TPSA) is 32.3 Å². The summed E-state index contributed by atoms with van der Waals surface area (Å²) in [7, 11) is 0. The van der Waals surface area contributed by atoms with Crippen LogP contribution in [-0.2, 0) is 11.3 Å². The molecule has 0 aromatic heterocycles. The van der Waals surface area contributed by atoms with Gasteiger partial charge in [-0.3, -0.25) is 4.79 Å². The molecule has 1 heterocycles. The van der Waals surface area contributed by atoms with E-state index in [9.17, 15) is 9.18 Å². The van der Waals surface area contributed by atoms with Gasteiger partial charge in [-0.1, -0.05) is 36.8 Å². The number of benzene rings is 2. The van der Waals surface area contributed by atoms with Gasteiger partial charge >= 0.3 is 0 Å². The van der Waals surface area contributed by atoms with Crippen LogP contribution in [0.4, 0.5) is 15.8 Å². The minimum Gasteiger partial charge on any atom is -0.380 e. The van der Waals surface area contributed by atoms with Crippen molar-refractivity contribution in [3.05, 3.63) is 59.9 Å². The van der Waals surface area contributed by atoms with Gasteiger partial charge in [-0.2, -0.15) is 0 Å². The van der Waals surface area contributed by atoms with Crippen LogP contribution >= 0.6 is 0 Å². The Hall–Kier alpha value is -2.36. The maximum Gasteiger partial charge on any atom is 0.232 e. The van der Waals surface area contributed by atoms with Gasteiger partial charge in [0.25, 0.3) is 0 Å². The van der Waals surface area contributed by atoms with E-state index in [1.807, 2.05) is 30.3 Å². The van der Waals surface area contributed by atoms with Gasteiger partial charge in [0, 0.05) is 6.04 Å². The molecule has 1 amide bonds. The number of carbonyl (C=O) groups excluding carboxylic acids is 1. The van der Waals surface area contributed by atoms with Crippen molar-refractivity contribution >= 4 is 17.3 Å². The third-order valence-corrected chi connectivity index (χ3v) is 4.87. The predicted molar refractivity (Wildman–Crippen MR) is 88.8 cm³/mol. The molecule has 2 unspecified atom stereocenters. The van der Waals surface area contributed by atoms with Crippen LogP contribution in [0, 0.1) is 11.7 Å². The maximum absolute atomic E-state index is 13.8. The van der Waals surface area contributed by atoms with Gasteiger partial charge in [0.15, 0.2) is 0 Å². The molecule has 1 saturated carbocycles. The normalized spacial score (nSPS) is 23.0. The molecular weight excluding hydrogens is 291 g/mol. The molecule has 1 aliphatic carbocycles. The number of amides is 1. The van der Waals surface area contributed by atoms with Crippen molar-refractivity contribution in [3.8, 4) is 0 Å². The lowest BCUT2D eigenvalue weighted by molar-refractivity contribution is -0.122. The first-order valence-electron chi connectivity index (χ1n) is 8.14. The zero-order chi connectivity index (χ0) is 15.8. The molecule has 2 aromatic carbocycles. The summed E-state index contributed by atoms with van der Waals surface area (Å²) in [4.78, 5) is 14.8. The summed E-state index contributed by atoms with van der Waals surface area (Å²) in [6.45, 7) is 0.473. The lowest BCUT2D eigenvalue weighted by Crippen LogP contribution is -2.38. The molecule has 0 radical (unpaired) electrons. The van der Waals surface area contributed by atoms with Crippen molar-refractivity contribution in [3.63, 3.8) is 0 Å². The predicted octanol–water partition coefficient (Wildman–Crippen LogP) is 3.95. The number of hydrogen-bond acceptors (Lipinski definition) is 2. The molecule has 4 heteroatoms. The van der Waals surface area contributed by atoms with Crippen LogP contribution in [0.2, 0.25) is 0 Å². The fraction of sp³-hybridized carbons (Fsp3) is 0.316. The Kier molecular flexibility index (Phi) is 3.52. The number of hydrogen-bond donors (Lipinski definition) is 1. The number of carbonyl (C=O) groups is 1. The van der Waals surface area contributed by atoms with E-state index in [0.29, 0.717) is 12.2 Å². The second-order valence-corrected chi connectivity index (χ2v) is 6.36. The molecule has 1 fully saturated rings. The SMILES string of the molecule is O=C1C2CCCC2Nc2ccc(F)cc2N1Cc1ccccc1. The summed E-state index contributed by atoms with van der Waals surface area (Å²) < 4.78 is 13.8. The molecule has 23 heavy (non-hydrogen) atoms. The molecule has 4 rings (SSSR count). The van der Waals surface area contributed by atoms with E-state index >= 15 is 0 Å². The smallest absolute Gasteiger partial charge is 0.232 e. The second kappa shape index (κ2) is 5.69. The van der Waals surface area contributed by atoms with Crippen LogP contribution in [0.15, 0.2) is 48.5 Å². The first-order chi connectivity index (χ1) is 11.2. The second-order valence-electron chi connectivity index (χ2n) is 6.36. The highest BCUT2D eigenvalue weighted by Gasteiger charge is 2.39.